The summed E-state index contributed by atoms with van der Waals surface area (Å²) in [5, 5.41) is 0. The summed E-state index contributed by atoms with van der Waals surface area (Å²) in [6, 6.07) is 7.16. The average molecular weight is 294 g/mol. The Labute approximate surface area is 123 Å². The molecule has 1 aromatic rings. The highest BCUT2D eigenvalue weighted by Crippen LogP contribution is 2.15. The Morgan fingerprint density at radius 2 is 2.00 bits per heavy atom. The Bertz CT molecular complexity index is 467. The second kappa shape index (κ2) is 8.55. The van der Waals surface area contributed by atoms with E-state index in [4.69, 9.17) is 9.47 Å². The first-order chi connectivity index (χ1) is 9.58. The normalized spacial score (nSPS) is 11.7. The van der Waals surface area contributed by atoms with Crippen LogP contribution in [0.1, 0.15) is 17.3 Å². The molecular weight excluding hydrogens is 276 g/mol. The molecule has 108 valence electrons. The Morgan fingerprint density at radius 1 is 1.35 bits per heavy atom. The minimum absolute atomic E-state index is 0.234. The molecule has 0 saturated heterocycles. The molecule has 0 aliphatic heterocycles. The first-order valence-electron chi connectivity index (χ1n) is 6.15. The smallest absolute Gasteiger partial charge is 0.335 e. The van der Waals surface area contributed by atoms with Gasteiger partial charge in [0.2, 0.25) is 0 Å². The zero-order valence-electron chi connectivity index (χ0n) is 11.6. The van der Waals surface area contributed by atoms with Crippen LogP contribution in [0.2, 0.25) is 0 Å². The Balaban J connectivity index is 2.45. The molecule has 1 atom stereocenters. The molecule has 1 aromatic carbocycles. The van der Waals surface area contributed by atoms with E-state index < -0.39 is 12.1 Å². The van der Waals surface area contributed by atoms with Crippen LogP contribution in [0.5, 0.6) is 0 Å². The van der Waals surface area contributed by atoms with Crippen LogP contribution in [0.4, 0.5) is 0 Å². The van der Waals surface area contributed by atoms with Gasteiger partial charge < -0.3 is 9.47 Å². The van der Waals surface area contributed by atoms with Gasteiger partial charge >= 0.3 is 5.97 Å². The number of rotatable bonds is 8. The van der Waals surface area contributed by atoms with E-state index >= 15 is 0 Å². The predicted octanol–water partition coefficient (Wildman–Crippen LogP) is 2.73. The molecule has 20 heavy (non-hydrogen) atoms. The van der Waals surface area contributed by atoms with Crippen molar-refractivity contribution in [3.63, 3.8) is 0 Å². The molecule has 0 N–H and O–H groups in total. The molecular formula is C15H18O4S. The van der Waals surface area contributed by atoms with Gasteiger partial charge in [0.15, 0.2) is 18.5 Å². The predicted molar refractivity (Wildman–Crippen MR) is 79.1 cm³/mol. The van der Waals surface area contributed by atoms with E-state index in [1.54, 1.807) is 36.9 Å². The van der Waals surface area contributed by atoms with Crippen LogP contribution in [-0.2, 0) is 14.3 Å². The SMILES string of the molecule is C=CCOC(C)C(=O)OCC(=O)c1ccc(SC)cc1. The van der Waals surface area contributed by atoms with E-state index in [1.807, 2.05) is 18.4 Å². The van der Waals surface area contributed by atoms with Gasteiger partial charge in [0, 0.05) is 10.5 Å². The molecule has 0 fully saturated rings. The van der Waals surface area contributed by atoms with Crippen molar-refractivity contribution in [3.05, 3.63) is 42.5 Å². The third-order valence-electron chi connectivity index (χ3n) is 2.55. The van der Waals surface area contributed by atoms with E-state index in [-0.39, 0.29) is 19.0 Å². The van der Waals surface area contributed by atoms with Crippen molar-refractivity contribution in [1.29, 1.82) is 0 Å². The van der Waals surface area contributed by atoms with Gasteiger partial charge in [0.25, 0.3) is 0 Å². The van der Waals surface area contributed by atoms with Crippen LogP contribution in [0.3, 0.4) is 0 Å². The number of hydrogen-bond donors (Lipinski definition) is 0. The van der Waals surface area contributed by atoms with Crippen molar-refractivity contribution in [2.45, 2.75) is 17.9 Å². The van der Waals surface area contributed by atoms with Crippen molar-refractivity contribution in [2.75, 3.05) is 19.5 Å². The zero-order valence-corrected chi connectivity index (χ0v) is 12.4. The molecule has 5 heteroatoms. The lowest BCUT2D eigenvalue weighted by atomic mass is 10.1. The molecule has 0 aromatic heterocycles. The fourth-order valence-corrected chi connectivity index (χ4v) is 1.80. The maximum atomic E-state index is 11.8. The Kier molecular flexibility index (Phi) is 7.04. The second-order valence-electron chi connectivity index (χ2n) is 4.02. The maximum Gasteiger partial charge on any atom is 0.335 e. The van der Waals surface area contributed by atoms with Gasteiger partial charge in [-0.15, -0.1) is 18.3 Å². The molecule has 0 spiro atoms. The van der Waals surface area contributed by atoms with Gasteiger partial charge in [-0.3, -0.25) is 4.79 Å². The number of hydrogen-bond acceptors (Lipinski definition) is 5. The van der Waals surface area contributed by atoms with Crippen LogP contribution in [0.25, 0.3) is 0 Å². The van der Waals surface area contributed by atoms with Crippen molar-refractivity contribution in [1.82, 2.24) is 0 Å². The van der Waals surface area contributed by atoms with E-state index in [1.165, 1.54) is 0 Å². The largest absolute Gasteiger partial charge is 0.455 e. The van der Waals surface area contributed by atoms with Gasteiger partial charge in [-0.05, 0) is 25.3 Å². The van der Waals surface area contributed by atoms with Crippen LogP contribution < -0.4 is 0 Å². The number of carbonyl (C=O) groups is 2. The summed E-state index contributed by atoms with van der Waals surface area (Å²) >= 11 is 1.60. The third kappa shape index (κ3) is 5.19. The first-order valence-corrected chi connectivity index (χ1v) is 7.37. The lowest BCUT2D eigenvalue weighted by Crippen LogP contribution is -2.25. The highest BCUT2D eigenvalue weighted by molar-refractivity contribution is 7.98. The monoisotopic (exact) mass is 294 g/mol. The molecule has 1 unspecified atom stereocenters. The van der Waals surface area contributed by atoms with Gasteiger partial charge in [0.05, 0.1) is 6.61 Å². The maximum absolute atomic E-state index is 11.8. The summed E-state index contributed by atoms with van der Waals surface area (Å²) in [5.41, 5.74) is 0.523. The molecule has 1 rings (SSSR count). The zero-order chi connectivity index (χ0) is 15.0. The molecule has 0 saturated carbocycles. The van der Waals surface area contributed by atoms with Crippen LogP contribution >= 0.6 is 11.8 Å². The molecule has 0 bridgehead atoms. The highest BCUT2D eigenvalue weighted by Gasteiger charge is 2.16. The fraction of sp³-hybridized carbons (Fsp3) is 0.333. The minimum Gasteiger partial charge on any atom is -0.455 e. The fourth-order valence-electron chi connectivity index (χ4n) is 1.39. The van der Waals surface area contributed by atoms with Crippen LogP contribution in [0.15, 0.2) is 41.8 Å². The number of ether oxygens (including phenoxy) is 2. The topological polar surface area (TPSA) is 52.6 Å². The first kappa shape index (κ1) is 16.5. The summed E-state index contributed by atoms with van der Waals surface area (Å²) in [6.07, 6.45) is 2.80. The standard InChI is InChI=1S/C15H18O4S/c1-4-9-18-11(2)15(17)19-10-14(16)12-5-7-13(20-3)8-6-12/h4-8,11H,1,9-10H2,2-3H3. The van der Waals surface area contributed by atoms with Gasteiger partial charge in [-0.2, -0.15) is 0 Å². The summed E-state index contributed by atoms with van der Waals surface area (Å²) in [7, 11) is 0. The molecule has 0 amide bonds. The average Bonchev–Trinajstić information content (AvgIpc) is 2.49. The second-order valence-corrected chi connectivity index (χ2v) is 4.90. The van der Waals surface area contributed by atoms with E-state index in [0.29, 0.717) is 5.56 Å². The number of ketones is 1. The Hall–Kier alpha value is -1.59. The number of Topliss-reactive ketones (excluding diaryl/α,β-unsaturated/α-hetero) is 1. The molecule has 0 aliphatic carbocycles. The summed E-state index contributed by atoms with van der Waals surface area (Å²) in [5.74, 6) is -0.789. The van der Waals surface area contributed by atoms with Crippen molar-refractivity contribution in [3.8, 4) is 0 Å². The number of esters is 1. The van der Waals surface area contributed by atoms with Gasteiger partial charge in [-0.1, -0.05) is 18.2 Å². The Morgan fingerprint density at radius 3 is 2.55 bits per heavy atom. The third-order valence-corrected chi connectivity index (χ3v) is 3.30. The lowest BCUT2D eigenvalue weighted by Gasteiger charge is -2.11. The van der Waals surface area contributed by atoms with E-state index in [9.17, 15) is 9.59 Å². The van der Waals surface area contributed by atoms with Crippen molar-refractivity contribution < 1.29 is 19.1 Å². The molecule has 0 radical (unpaired) electrons. The summed E-state index contributed by atoms with van der Waals surface area (Å²) < 4.78 is 10.0. The van der Waals surface area contributed by atoms with Gasteiger partial charge in [-0.25, -0.2) is 4.79 Å². The molecule has 0 aliphatic rings. The summed E-state index contributed by atoms with van der Waals surface area (Å²) in [4.78, 5) is 24.5. The summed E-state index contributed by atoms with van der Waals surface area (Å²) in [6.45, 7) is 5.05. The number of benzene rings is 1. The van der Waals surface area contributed by atoms with Crippen LogP contribution in [-0.4, -0.2) is 37.3 Å². The minimum atomic E-state index is -0.709. The van der Waals surface area contributed by atoms with Crippen molar-refractivity contribution >= 4 is 23.5 Å². The molecule has 4 nitrogen and oxygen atoms in total. The lowest BCUT2D eigenvalue weighted by molar-refractivity contribution is -0.154. The number of thioether (sulfide) groups is 1. The van der Waals surface area contributed by atoms with E-state index in [0.717, 1.165) is 4.90 Å². The van der Waals surface area contributed by atoms with Gasteiger partial charge in [0.1, 0.15) is 0 Å². The van der Waals surface area contributed by atoms with Crippen molar-refractivity contribution in [2.24, 2.45) is 0 Å². The number of carbonyl (C=O) groups excluding carboxylic acids is 2. The van der Waals surface area contributed by atoms with E-state index in [2.05, 4.69) is 6.58 Å². The molecule has 0 heterocycles. The van der Waals surface area contributed by atoms with Crippen LogP contribution in [0, 0.1) is 0 Å². The highest BCUT2D eigenvalue weighted by atomic mass is 32.2. The quantitative estimate of drug-likeness (QED) is 0.319.